The Labute approximate surface area is 187 Å². The van der Waals surface area contributed by atoms with Crippen LogP contribution < -0.4 is 20.9 Å². The predicted octanol–water partition coefficient (Wildman–Crippen LogP) is 4.89. The molecule has 1 saturated carbocycles. The van der Waals surface area contributed by atoms with Crippen molar-refractivity contribution in [2.24, 2.45) is 0 Å². The molecule has 1 fully saturated rings. The predicted molar refractivity (Wildman–Crippen MR) is 127 cm³/mol. The normalized spacial score (nSPS) is 18.4. The third kappa shape index (κ3) is 5.17. The van der Waals surface area contributed by atoms with Crippen molar-refractivity contribution in [1.29, 1.82) is 0 Å². The van der Waals surface area contributed by atoms with Gasteiger partial charge in [0.15, 0.2) is 0 Å². The highest BCUT2D eigenvalue weighted by Gasteiger charge is 2.23. The molecule has 0 bridgehead atoms. The van der Waals surface area contributed by atoms with Crippen molar-refractivity contribution in [3.63, 3.8) is 0 Å². The van der Waals surface area contributed by atoms with Crippen LogP contribution in [0.4, 0.5) is 22.2 Å². The van der Waals surface area contributed by atoms with Crippen LogP contribution >= 0.6 is 11.6 Å². The second-order valence-corrected chi connectivity index (χ2v) is 8.46. The minimum atomic E-state index is -0.224. The summed E-state index contributed by atoms with van der Waals surface area (Å²) in [7, 11) is 3.98. The van der Waals surface area contributed by atoms with E-state index in [1.54, 1.807) is 12.1 Å². The maximum Gasteiger partial charge on any atom is 0.319 e. The molecule has 3 aromatic rings. The molecule has 162 valence electrons. The Kier molecular flexibility index (Phi) is 6.42. The van der Waals surface area contributed by atoms with Crippen LogP contribution in [0.1, 0.15) is 25.7 Å². The number of aromatic nitrogens is 2. The first-order valence-corrected chi connectivity index (χ1v) is 10.9. The van der Waals surface area contributed by atoms with Crippen LogP contribution in [0.2, 0.25) is 5.02 Å². The lowest BCUT2D eigenvalue weighted by Gasteiger charge is -2.30. The lowest BCUT2D eigenvalue weighted by molar-refractivity contribution is 0.243. The van der Waals surface area contributed by atoms with Gasteiger partial charge >= 0.3 is 6.03 Å². The lowest BCUT2D eigenvalue weighted by atomic mass is 9.91. The second kappa shape index (κ2) is 9.39. The molecule has 2 amide bonds. The van der Waals surface area contributed by atoms with Gasteiger partial charge in [0.2, 0.25) is 5.95 Å². The van der Waals surface area contributed by atoms with Gasteiger partial charge in [-0.05, 0) is 49.9 Å². The van der Waals surface area contributed by atoms with Crippen LogP contribution in [-0.4, -0.2) is 42.2 Å². The van der Waals surface area contributed by atoms with Gasteiger partial charge in [-0.2, -0.15) is 4.98 Å². The van der Waals surface area contributed by atoms with Crippen molar-refractivity contribution in [1.82, 2.24) is 15.3 Å². The standard InChI is InChI=1S/C23H27ClN6O/c1-30(2)21-17-7-3-5-9-19(17)27-22(29-21)25-15-11-13-16(14-12-15)26-23(31)28-20-10-6-4-8-18(20)24/h3-10,15-16H,11-14H2,1-2H3,(H,25,27,29)(H2,26,28,31)/t15-,16+. The number of urea groups is 1. The van der Waals surface area contributed by atoms with E-state index in [-0.39, 0.29) is 18.1 Å². The van der Waals surface area contributed by atoms with Crippen molar-refractivity contribution in [2.45, 2.75) is 37.8 Å². The fourth-order valence-corrected chi connectivity index (χ4v) is 4.12. The number of para-hydroxylation sites is 2. The van der Waals surface area contributed by atoms with Crippen LogP contribution in [0.5, 0.6) is 0 Å². The number of halogens is 1. The summed E-state index contributed by atoms with van der Waals surface area (Å²) in [4.78, 5) is 23.7. The number of amides is 2. The molecule has 0 radical (unpaired) electrons. The molecule has 7 nitrogen and oxygen atoms in total. The zero-order valence-corrected chi connectivity index (χ0v) is 18.5. The number of carbonyl (C=O) groups excluding carboxylic acids is 1. The summed E-state index contributed by atoms with van der Waals surface area (Å²) in [5.74, 6) is 1.55. The maximum absolute atomic E-state index is 12.3. The number of carbonyl (C=O) groups is 1. The fourth-order valence-electron chi connectivity index (χ4n) is 3.94. The van der Waals surface area contributed by atoms with E-state index in [1.165, 1.54) is 0 Å². The molecule has 1 aliphatic carbocycles. The number of hydrogen-bond donors (Lipinski definition) is 3. The smallest absolute Gasteiger partial charge is 0.319 e. The van der Waals surface area contributed by atoms with Gasteiger partial charge in [-0.3, -0.25) is 0 Å². The first kappa shape index (κ1) is 21.2. The second-order valence-electron chi connectivity index (χ2n) is 8.05. The van der Waals surface area contributed by atoms with Gasteiger partial charge in [-0.1, -0.05) is 35.9 Å². The Hall–Kier alpha value is -3.06. The third-order valence-corrected chi connectivity index (χ3v) is 5.85. The Morgan fingerprint density at radius 3 is 2.39 bits per heavy atom. The molecule has 1 aliphatic rings. The van der Waals surface area contributed by atoms with E-state index in [0.717, 1.165) is 42.4 Å². The van der Waals surface area contributed by atoms with Crippen LogP contribution in [0.15, 0.2) is 48.5 Å². The molecule has 4 rings (SSSR count). The Morgan fingerprint density at radius 1 is 0.968 bits per heavy atom. The SMILES string of the molecule is CN(C)c1nc(N[C@H]2CC[C@@H](NC(=O)Nc3ccccc3Cl)CC2)nc2ccccc12. The molecule has 1 heterocycles. The largest absolute Gasteiger partial charge is 0.362 e. The Bertz CT molecular complexity index is 1060. The number of anilines is 3. The van der Waals surface area contributed by atoms with E-state index in [2.05, 4.69) is 16.0 Å². The minimum Gasteiger partial charge on any atom is -0.362 e. The summed E-state index contributed by atoms with van der Waals surface area (Å²) < 4.78 is 0. The quantitative estimate of drug-likeness (QED) is 0.528. The number of rotatable bonds is 5. The third-order valence-electron chi connectivity index (χ3n) is 5.52. The number of fused-ring (bicyclic) bond motifs is 1. The van der Waals surface area contributed by atoms with Gasteiger partial charge in [0.1, 0.15) is 5.82 Å². The summed E-state index contributed by atoms with van der Waals surface area (Å²) in [5.41, 5.74) is 1.54. The first-order valence-electron chi connectivity index (χ1n) is 10.5. The van der Waals surface area contributed by atoms with Crippen molar-refractivity contribution >= 4 is 46.0 Å². The van der Waals surface area contributed by atoms with Crippen molar-refractivity contribution < 1.29 is 4.79 Å². The van der Waals surface area contributed by atoms with Crippen molar-refractivity contribution in [3.8, 4) is 0 Å². The summed E-state index contributed by atoms with van der Waals surface area (Å²) >= 11 is 6.11. The zero-order chi connectivity index (χ0) is 21.8. The van der Waals surface area contributed by atoms with Crippen LogP contribution in [0.3, 0.4) is 0 Å². The van der Waals surface area contributed by atoms with Gasteiger partial charge in [0, 0.05) is 31.6 Å². The van der Waals surface area contributed by atoms with E-state index < -0.39 is 0 Å². The van der Waals surface area contributed by atoms with E-state index in [4.69, 9.17) is 21.6 Å². The molecular formula is C23H27ClN6O. The first-order chi connectivity index (χ1) is 15.0. The average molecular weight is 439 g/mol. The van der Waals surface area contributed by atoms with Crippen molar-refractivity contribution in [2.75, 3.05) is 29.6 Å². The fraction of sp³-hybridized carbons (Fsp3) is 0.348. The molecule has 8 heteroatoms. The Morgan fingerprint density at radius 2 is 1.65 bits per heavy atom. The van der Waals surface area contributed by atoms with Crippen LogP contribution in [0.25, 0.3) is 10.9 Å². The summed E-state index contributed by atoms with van der Waals surface area (Å²) in [6.45, 7) is 0. The molecule has 31 heavy (non-hydrogen) atoms. The number of nitrogens with one attached hydrogen (secondary N) is 3. The van der Waals surface area contributed by atoms with Crippen molar-refractivity contribution in [3.05, 3.63) is 53.6 Å². The molecule has 2 aromatic carbocycles. The van der Waals surface area contributed by atoms with E-state index in [9.17, 15) is 4.79 Å². The highest BCUT2D eigenvalue weighted by molar-refractivity contribution is 6.33. The molecular weight excluding hydrogens is 412 g/mol. The molecule has 0 unspecified atom stereocenters. The van der Waals surface area contributed by atoms with Gasteiger partial charge < -0.3 is 20.9 Å². The summed E-state index contributed by atoms with van der Waals surface area (Å²) in [6.07, 6.45) is 3.65. The van der Waals surface area contributed by atoms with Gasteiger partial charge in [-0.15, -0.1) is 0 Å². The van der Waals surface area contributed by atoms with Crippen LogP contribution in [-0.2, 0) is 0 Å². The van der Waals surface area contributed by atoms with Gasteiger partial charge in [0.05, 0.1) is 16.2 Å². The number of benzene rings is 2. The van der Waals surface area contributed by atoms with Crippen LogP contribution in [0, 0.1) is 0 Å². The number of nitrogens with zero attached hydrogens (tertiary/aromatic N) is 3. The molecule has 3 N–H and O–H groups in total. The molecule has 1 aromatic heterocycles. The highest BCUT2D eigenvalue weighted by atomic mass is 35.5. The van der Waals surface area contributed by atoms with E-state index in [0.29, 0.717) is 16.7 Å². The van der Waals surface area contributed by atoms with E-state index >= 15 is 0 Å². The number of hydrogen-bond acceptors (Lipinski definition) is 5. The highest BCUT2D eigenvalue weighted by Crippen LogP contribution is 2.26. The lowest BCUT2D eigenvalue weighted by Crippen LogP contribution is -2.42. The average Bonchev–Trinajstić information content (AvgIpc) is 2.76. The molecule has 0 aliphatic heterocycles. The van der Waals surface area contributed by atoms with Gasteiger partial charge in [-0.25, -0.2) is 9.78 Å². The summed E-state index contributed by atoms with van der Waals surface area (Å²) in [6, 6.07) is 15.4. The van der Waals surface area contributed by atoms with Gasteiger partial charge in [0.25, 0.3) is 0 Å². The Balaban J connectivity index is 1.33. The zero-order valence-electron chi connectivity index (χ0n) is 17.7. The van der Waals surface area contributed by atoms with E-state index in [1.807, 2.05) is 55.4 Å². The summed E-state index contributed by atoms with van der Waals surface area (Å²) in [5, 5.41) is 10.9. The topological polar surface area (TPSA) is 82.2 Å². The minimum absolute atomic E-state index is 0.135. The molecule has 0 spiro atoms. The maximum atomic E-state index is 12.3. The monoisotopic (exact) mass is 438 g/mol. The molecule has 0 saturated heterocycles. The molecule has 0 atom stereocenters.